The molecule has 0 spiro atoms. The van der Waals surface area contributed by atoms with Crippen molar-refractivity contribution in [1.82, 2.24) is 19.9 Å². The van der Waals surface area contributed by atoms with Gasteiger partial charge in [-0.1, -0.05) is 6.58 Å². The third kappa shape index (κ3) is 6.69. The van der Waals surface area contributed by atoms with Gasteiger partial charge in [0.25, 0.3) is 5.56 Å². The maximum absolute atomic E-state index is 13.5. The number of aromatic nitrogens is 3. The number of ketones is 1. The van der Waals surface area contributed by atoms with Crippen LogP contribution in [0.4, 0.5) is 10.7 Å². The van der Waals surface area contributed by atoms with Gasteiger partial charge in [-0.2, -0.15) is 0 Å². The van der Waals surface area contributed by atoms with Gasteiger partial charge in [-0.05, 0) is 83.4 Å². The third-order valence-electron chi connectivity index (χ3n) is 8.06. The lowest BCUT2D eigenvalue weighted by atomic mass is 9.92. The maximum atomic E-state index is 13.5. The van der Waals surface area contributed by atoms with Crippen LogP contribution in [0.2, 0.25) is 0 Å². The number of aryl methyl sites for hydroxylation is 2. The summed E-state index contributed by atoms with van der Waals surface area (Å²) < 4.78 is 11.9. The maximum Gasteiger partial charge on any atom is 0.410 e. The molecule has 3 aromatic rings. The molecule has 0 bridgehead atoms. The van der Waals surface area contributed by atoms with Crippen LogP contribution in [0, 0.1) is 13.8 Å². The van der Waals surface area contributed by atoms with Crippen LogP contribution in [0.3, 0.4) is 0 Å². The highest BCUT2D eigenvalue weighted by molar-refractivity contribution is 5.98. The van der Waals surface area contributed by atoms with Gasteiger partial charge in [-0.15, -0.1) is 0 Å². The quantitative estimate of drug-likeness (QED) is 0.291. The smallest absolute Gasteiger partial charge is 0.410 e. The summed E-state index contributed by atoms with van der Waals surface area (Å²) in [5.74, 6) is 1.20. The Kier molecular flexibility index (Phi) is 8.38. The van der Waals surface area contributed by atoms with Gasteiger partial charge in [0.15, 0.2) is 5.78 Å². The number of hydrogen-bond donors (Lipinski definition) is 1. The summed E-state index contributed by atoms with van der Waals surface area (Å²) in [6, 6.07) is 5.65. The first-order valence-electron chi connectivity index (χ1n) is 15.0. The average Bonchev–Trinajstić information content (AvgIpc) is 3.32. The van der Waals surface area contributed by atoms with Crippen LogP contribution in [-0.4, -0.2) is 69.1 Å². The number of anilines is 1. The second kappa shape index (κ2) is 11.9. The van der Waals surface area contributed by atoms with E-state index in [-0.39, 0.29) is 23.9 Å². The number of piperazine rings is 1. The molecular formula is C34H41N5O5. The molecule has 1 amide bonds. The van der Waals surface area contributed by atoms with Gasteiger partial charge >= 0.3 is 6.09 Å². The number of ether oxygens (including phenoxy) is 2. The number of rotatable bonds is 7. The van der Waals surface area contributed by atoms with Crippen molar-refractivity contribution in [2.75, 3.05) is 31.1 Å². The second-order valence-electron chi connectivity index (χ2n) is 12.9. The number of fused-ring (bicyclic) bond motifs is 1. The fourth-order valence-electron chi connectivity index (χ4n) is 5.69. The molecule has 1 saturated heterocycles. The molecule has 0 radical (unpaired) electrons. The minimum absolute atomic E-state index is 0.0546. The predicted molar refractivity (Wildman–Crippen MR) is 170 cm³/mol. The van der Waals surface area contributed by atoms with Crippen LogP contribution in [-0.2, 0) is 17.6 Å². The SMILES string of the molecule is C=CC1(C)Cc2cc(C(=O)CCc3c(C)cc(C)[nH]c3=O)cc(-c3cnc(N4CCN(C(=O)OC(C)(C)C)CC4)nc3)c2O1. The molecule has 10 nitrogen and oxygen atoms in total. The molecule has 232 valence electrons. The van der Waals surface area contributed by atoms with Crippen LogP contribution >= 0.6 is 0 Å². The van der Waals surface area contributed by atoms with Crippen molar-refractivity contribution in [3.63, 3.8) is 0 Å². The number of hydrogen-bond acceptors (Lipinski definition) is 8. The molecule has 4 heterocycles. The molecule has 0 saturated carbocycles. The number of pyridine rings is 1. The van der Waals surface area contributed by atoms with Crippen LogP contribution in [0.1, 0.15) is 66.9 Å². The monoisotopic (exact) mass is 599 g/mol. The summed E-state index contributed by atoms with van der Waals surface area (Å²) in [6.07, 6.45) is 6.09. The molecule has 1 N–H and O–H groups in total. The third-order valence-corrected chi connectivity index (χ3v) is 8.06. The van der Waals surface area contributed by atoms with Crippen molar-refractivity contribution in [3.8, 4) is 16.9 Å². The first kappa shape index (κ1) is 31.0. The van der Waals surface area contributed by atoms with E-state index in [9.17, 15) is 14.4 Å². The minimum atomic E-state index is -0.598. The standard InChI is InChI=1S/C34H41N5O5/c1-8-34(7)18-24-16-23(28(40)10-9-26-21(2)15-22(3)37-30(26)41)17-27(29(24)43-34)25-19-35-31(36-20-25)38-11-13-39(14-12-38)32(42)44-33(4,5)6/h8,15-17,19-20H,1,9-14,18H2,2-7H3,(H,37,41). The lowest BCUT2D eigenvalue weighted by Crippen LogP contribution is -2.50. The van der Waals surface area contributed by atoms with Crippen molar-refractivity contribution in [1.29, 1.82) is 0 Å². The van der Waals surface area contributed by atoms with Crippen LogP contribution in [0.15, 0.2) is 48.0 Å². The highest BCUT2D eigenvalue weighted by Crippen LogP contribution is 2.44. The molecule has 0 aliphatic carbocycles. The number of amides is 1. The zero-order chi connectivity index (χ0) is 31.8. The van der Waals surface area contributed by atoms with E-state index in [0.29, 0.717) is 61.8 Å². The Balaban J connectivity index is 1.36. The van der Waals surface area contributed by atoms with E-state index in [1.54, 1.807) is 23.4 Å². The van der Waals surface area contributed by atoms with Gasteiger partial charge in [0.2, 0.25) is 5.95 Å². The van der Waals surface area contributed by atoms with E-state index in [1.165, 1.54) is 0 Å². The Hall–Kier alpha value is -4.47. The first-order chi connectivity index (χ1) is 20.7. The molecule has 2 aliphatic rings. The molecule has 44 heavy (non-hydrogen) atoms. The van der Waals surface area contributed by atoms with Gasteiger partial charge in [0.1, 0.15) is 17.0 Å². The van der Waals surface area contributed by atoms with Gasteiger partial charge < -0.3 is 24.3 Å². The molecule has 5 rings (SSSR count). The lowest BCUT2D eigenvalue weighted by Gasteiger charge is -2.35. The molecule has 1 atom stereocenters. The Labute approximate surface area is 258 Å². The van der Waals surface area contributed by atoms with Crippen LogP contribution < -0.4 is 15.2 Å². The summed E-state index contributed by atoms with van der Waals surface area (Å²) in [4.78, 5) is 54.3. The normalized spacial score (nSPS) is 18.0. The van der Waals surface area contributed by atoms with Gasteiger partial charge in [-0.3, -0.25) is 9.59 Å². The number of aromatic amines is 1. The van der Waals surface area contributed by atoms with Crippen LogP contribution in [0.5, 0.6) is 5.75 Å². The number of nitrogens with zero attached hydrogens (tertiary/aromatic N) is 4. The Morgan fingerprint density at radius 2 is 1.80 bits per heavy atom. The van der Waals surface area contributed by atoms with Crippen molar-refractivity contribution >= 4 is 17.8 Å². The fourth-order valence-corrected chi connectivity index (χ4v) is 5.69. The Morgan fingerprint density at radius 1 is 1.11 bits per heavy atom. The molecule has 1 aromatic carbocycles. The van der Waals surface area contributed by atoms with Crippen molar-refractivity contribution < 1.29 is 19.1 Å². The lowest BCUT2D eigenvalue weighted by molar-refractivity contribution is 0.0240. The Bertz CT molecular complexity index is 1650. The first-order valence-corrected chi connectivity index (χ1v) is 15.0. The number of carbonyl (C=O) groups excluding carboxylic acids is 2. The highest BCUT2D eigenvalue weighted by Gasteiger charge is 2.35. The number of Topliss-reactive ketones (excluding diaryl/α,β-unsaturated/α-hetero) is 1. The van der Waals surface area contributed by atoms with E-state index in [4.69, 9.17) is 9.47 Å². The van der Waals surface area contributed by atoms with E-state index in [1.807, 2.05) is 64.6 Å². The fraction of sp³-hybridized carbons (Fsp3) is 0.441. The minimum Gasteiger partial charge on any atom is -0.482 e. The van der Waals surface area contributed by atoms with E-state index in [2.05, 4.69) is 21.5 Å². The topological polar surface area (TPSA) is 118 Å². The summed E-state index contributed by atoms with van der Waals surface area (Å²) in [5, 5.41) is 0. The molecule has 2 aromatic heterocycles. The summed E-state index contributed by atoms with van der Waals surface area (Å²) >= 11 is 0. The molecule has 1 unspecified atom stereocenters. The van der Waals surface area contributed by atoms with E-state index in [0.717, 1.165) is 27.9 Å². The largest absolute Gasteiger partial charge is 0.482 e. The predicted octanol–water partition coefficient (Wildman–Crippen LogP) is 5.20. The Morgan fingerprint density at radius 3 is 2.41 bits per heavy atom. The molecular weight excluding hydrogens is 558 g/mol. The van der Waals surface area contributed by atoms with Crippen molar-refractivity contribution in [3.05, 3.63) is 81.5 Å². The van der Waals surface area contributed by atoms with Crippen molar-refractivity contribution in [2.45, 2.75) is 72.0 Å². The number of benzene rings is 1. The van der Waals surface area contributed by atoms with Gasteiger partial charge in [0, 0.05) is 79.4 Å². The summed E-state index contributed by atoms with van der Waals surface area (Å²) in [5.41, 5.74) is 3.96. The van der Waals surface area contributed by atoms with Gasteiger partial charge in [0.05, 0.1) is 0 Å². The average molecular weight is 600 g/mol. The number of H-pyrrole nitrogens is 1. The highest BCUT2D eigenvalue weighted by atomic mass is 16.6. The zero-order valence-electron chi connectivity index (χ0n) is 26.5. The molecule has 10 heteroatoms. The van der Waals surface area contributed by atoms with Crippen LogP contribution in [0.25, 0.3) is 11.1 Å². The second-order valence-corrected chi connectivity index (χ2v) is 12.9. The summed E-state index contributed by atoms with van der Waals surface area (Å²) in [6.45, 7) is 17.4. The number of nitrogens with one attached hydrogen (secondary N) is 1. The van der Waals surface area contributed by atoms with Crippen molar-refractivity contribution in [2.24, 2.45) is 0 Å². The number of carbonyl (C=O) groups is 2. The van der Waals surface area contributed by atoms with E-state index < -0.39 is 11.2 Å². The zero-order valence-corrected chi connectivity index (χ0v) is 26.5. The van der Waals surface area contributed by atoms with E-state index >= 15 is 0 Å². The summed E-state index contributed by atoms with van der Waals surface area (Å²) in [7, 11) is 0. The molecule has 2 aliphatic heterocycles. The molecule has 1 fully saturated rings. The van der Waals surface area contributed by atoms with Gasteiger partial charge in [-0.25, -0.2) is 14.8 Å².